The largest absolute Gasteiger partial charge is 0.385 e. The van der Waals surface area contributed by atoms with E-state index >= 15 is 0 Å². The third-order valence-corrected chi connectivity index (χ3v) is 3.18. The lowest BCUT2D eigenvalue weighted by molar-refractivity contribution is 0.551. The first-order valence-corrected chi connectivity index (χ1v) is 6.77. The second kappa shape index (κ2) is 6.31. The average Bonchev–Trinajstić information content (AvgIpc) is 2.83. The third kappa shape index (κ3) is 3.53. The lowest BCUT2D eigenvalue weighted by Gasteiger charge is -2.13. The molecule has 0 amide bonds. The molecule has 0 aliphatic rings. The summed E-state index contributed by atoms with van der Waals surface area (Å²) < 4.78 is 1.68. The van der Waals surface area contributed by atoms with E-state index in [-0.39, 0.29) is 0 Å². The molecular formula is C14H21N5. The minimum Gasteiger partial charge on any atom is -0.385 e. The van der Waals surface area contributed by atoms with Crippen LogP contribution in [0.1, 0.15) is 26.7 Å². The molecule has 2 aromatic rings. The molecule has 102 valence electrons. The number of nitrogens with zero attached hydrogens (tertiary/aromatic N) is 4. The Morgan fingerprint density at radius 2 is 2.21 bits per heavy atom. The van der Waals surface area contributed by atoms with Crippen LogP contribution in [-0.2, 0) is 7.05 Å². The molecule has 0 bridgehead atoms. The van der Waals surface area contributed by atoms with Crippen LogP contribution in [0.25, 0.3) is 11.4 Å². The van der Waals surface area contributed by atoms with E-state index in [0.717, 1.165) is 23.6 Å². The molecule has 0 fully saturated rings. The summed E-state index contributed by atoms with van der Waals surface area (Å²) >= 11 is 0. The fourth-order valence-corrected chi connectivity index (χ4v) is 2.13. The van der Waals surface area contributed by atoms with Gasteiger partial charge in [-0.25, -0.2) is 4.68 Å². The van der Waals surface area contributed by atoms with Gasteiger partial charge in [-0.3, -0.25) is 0 Å². The van der Waals surface area contributed by atoms with Gasteiger partial charge in [0.25, 0.3) is 0 Å². The SMILES string of the molecule is CCCC(C)CNc1cccc(-c2nnnn2C)c1. The smallest absolute Gasteiger partial charge is 0.181 e. The van der Waals surface area contributed by atoms with Crippen LogP contribution in [0.3, 0.4) is 0 Å². The molecule has 5 nitrogen and oxygen atoms in total. The summed E-state index contributed by atoms with van der Waals surface area (Å²) in [6.45, 7) is 5.49. The van der Waals surface area contributed by atoms with Crippen molar-refractivity contribution in [2.24, 2.45) is 13.0 Å². The van der Waals surface area contributed by atoms with Gasteiger partial charge in [0.15, 0.2) is 5.82 Å². The van der Waals surface area contributed by atoms with Crippen molar-refractivity contribution < 1.29 is 0 Å². The molecule has 1 heterocycles. The van der Waals surface area contributed by atoms with Gasteiger partial charge in [-0.1, -0.05) is 32.4 Å². The second-order valence-electron chi connectivity index (χ2n) is 4.98. The molecule has 19 heavy (non-hydrogen) atoms. The number of rotatable bonds is 6. The van der Waals surface area contributed by atoms with Crippen LogP contribution in [0.15, 0.2) is 24.3 Å². The third-order valence-electron chi connectivity index (χ3n) is 3.18. The lowest BCUT2D eigenvalue weighted by Crippen LogP contribution is -2.10. The Morgan fingerprint density at radius 1 is 1.37 bits per heavy atom. The van der Waals surface area contributed by atoms with E-state index in [2.05, 4.69) is 46.8 Å². The maximum Gasteiger partial charge on any atom is 0.181 e. The van der Waals surface area contributed by atoms with Crippen molar-refractivity contribution in [3.8, 4) is 11.4 Å². The van der Waals surface area contributed by atoms with E-state index in [1.807, 2.05) is 19.2 Å². The predicted octanol–water partition coefficient (Wildman–Crippen LogP) is 2.73. The Balaban J connectivity index is 2.06. The first kappa shape index (κ1) is 13.5. The molecule has 1 aromatic heterocycles. The monoisotopic (exact) mass is 259 g/mol. The first-order chi connectivity index (χ1) is 9.20. The van der Waals surface area contributed by atoms with E-state index in [9.17, 15) is 0 Å². The number of aryl methyl sites for hydroxylation is 1. The highest BCUT2D eigenvalue weighted by Gasteiger charge is 2.06. The molecule has 0 radical (unpaired) electrons. The van der Waals surface area contributed by atoms with Crippen molar-refractivity contribution in [2.45, 2.75) is 26.7 Å². The van der Waals surface area contributed by atoms with Crippen LogP contribution in [0.5, 0.6) is 0 Å². The van der Waals surface area contributed by atoms with Crippen molar-refractivity contribution in [1.82, 2.24) is 20.2 Å². The summed E-state index contributed by atoms with van der Waals surface area (Å²) in [4.78, 5) is 0. The molecule has 0 saturated carbocycles. The minimum atomic E-state index is 0.685. The Hall–Kier alpha value is -1.91. The van der Waals surface area contributed by atoms with Gasteiger partial charge in [0.1, 0.15) is 0 Å². The molecule has 0 aliphatic carbocycles. The van der Waals surface area contributed by atoms with E-state index in [1.165, 1.54) is 12.8 Å². The summed E-state index contributed by atoms with van der Waals surface area (Å²) in [5.41, 5.74) is 2.14. The van der Waals surface area contributed by atoms with E-state index < -0.39 is 0 Å². The highest BCUT2D eigenvalue weighted by Crippen LogP contribution is 2.20. The van der Waals surface area contributed by atoms with E-state index in [1.54, 1.807) is 4.68 Å². The van der Waals surface area contributed by atoms with Crippen LogP contribution in [0.4, 0.5) is 5.69 Å². The van der Waals surface area contributed by atoms with Crippen molar-refractivity contribution in [1.29, 1.82) is 0 Å². The topological polar surface area (TPSA) is 55.6 Å². The molecule has 1 atom stereocenters. The highest BCUT2D eigenvalue weighted by atomic mass is 15.5. The molecule has 5 heteroatoms. The summed E-state index contributed by atoms with van der Waals surface area (Å²) in [6.07, 6.45) is 2.48. The Labute approximate surface area is 114 Å². The Morgan fingerprint density at radius 3 is 2.89 bits per heavy atom. The average molecular weight is 259 g/mol. The van der Waals surface area contributed by atoms with Gasteiger partial charge in [-0.2, -0.15) is 0 Å². The van der Waals surface area contributed by atoms with Gasteiger partial charge in [-0.15, -0.1) is 5.10 Å². The van der Waals surface area contributed by atoms with Gasteiger partial charge >= 0.3 is 0 Å². The normalized spacial score (nSPS) is 12.4. The van der Waals surface area contributed by atoms with Crippen LogP contribution < -0.4 is 5.32 Å². The van der Waals surface area contributed by atoms with Crippen LogP contribution in [0, 0.1) is 5.92 Å². The molecule has 0 aliphatic heterocycles. The van der Waals surface area contributed by atoms with Crippen molar-refractivity contribution in [3.63, 3.8) is 0 Å². The maximum atomic E-state index is 4.03. The highest BCUT2D eigenvalue weighted by molar-refractivity contribution is 5.62. The van der Waals surface area contributed by atoms with Crippen molar-refractivity contribution >= 4 is 5.69 Å². The molecule has 0 spiro atoms. The van der Waals surface area contributed by atoms with E-state index in [0.29, 0.717) is 5.92 Å². The van der Waals surface area contributed by atoms with Crippen LogP contribution >= 0.6 is 0 Å². The van der Waals surface area contributed by atoms with Gasteiger partial charge < -0.3 is 5.32 Å². The number of tetrazole rings is 1. The molecule has 1 N–H and O–H groups in total. The first-order valence-electron chi connectivity index (χ1n) is 6.77. The molecule has 1 aromatic carbocycles. The number of hydrogen-bond acceptors (Lipinski definition) is 4. The number of nitrogens with one attached hydrogen (secondary N) is 1. The number of hydrogen-bond donors (Lipinski definition) is 1. The van der Waals surface area contributed by atoms with E-state index in [4.69, 9.17) is 0 Å². The standard InChI is InChI=1S/C14H21N5/c1-4-6-11(2)10-15-13-8-5-7-12(9-13)14-16-17-18-19(14)3/h5,7-9,11,15H,4,6,10H2,1-3H3. The number of benzene rings is 1. The second-order valence-corrected chi connectivity index (χ2v) is 4.98. The summed E-state index contributed by atoms with van der Waals surface area (Å²) in [5, 5.41) is 15.0. The van der Waals surface area contributed by atoms with Crippen molar-refractivity contribution in [2.75, 3.05) is 11.9 Å². The number of aromatic nitrogens is 4. The van der Waals surface area contributed by atoms with Gasteiger partial charge in [-0.05, 0) is 34.9 Å². The zero-order valence-corrected chi connectivity index (χ0v) is 11.8. The number of anilines is 1. The molecule has 0 saturated heterocycles. The van der Waals surface area contributed by atoms with Crippen LogP contribution in [0.2, 0.25) is 0 Å². The zero-order chi connectivity index (χ0) is 13.7. The predicted molar refractivity (Wildman–Crippen MR) is 76.8 cm³/mol. The summed E-state index contributed by atoms with van der Waals surface area (Å²) in [6, 6.07) is 8.21. The molecule has 1 unspecified atom stereocenters. The van der Waals surface area contributed by atoms with Crippen molar-refractivity contribution in [3.05, 3.63) is 24.3 Å². The fourth-order valence-electron chi connectivity index (χ4n) is 2.13. The maximum absolute atomic E-state index is 4.03. The lowest BCUT2D eigenvalue weighted by atomic mass is 10.1. The van der Waals surface area contributed by atoms with Crippen LogP contribution in [-0.4, -0.2) is 26.8 Å². The Bertz CT molecular complexity index is 520. The van der Waals surface area contributed by atoms with Gasteiger partial charge in [0.05, 0.1) is 0 Å². The zero-order valence-electron chi connectivity index (χ0n) is 11.8. The molecular weight excluding hydrogens is 238 g/mol. The minimum absolute atomic E-state index is 0.685. The van der Waals surface area contributed by atoms with Gasteiger partial charge in [0.2, 0.25) is 0 Å². The quantitative estimate of drug-likeness (QED) is 0.866. The summed E-state index contributed by atoms with van der Waals surface area (Å²) in [7, 11) is 1.85. The molecule has 2 rings (SSSR count). The Kier molecular flexibility index (Phi) is 4.49. The summed E-state index contributed by atoms with van der Waals surface area (Å²) in [5.74, 6) is 1.47. The fraction of sp³-hybridized carbons (Fsp3) is 0.500. The van der Waals surface area contributed by atoms with Gasteiger partial charge in [0, 0.05) is 24.8 Å².